The van der Waals surface area contributed by atoms with Crippen LogP contribution in [0, 0.1) is 0 Å². The van der Waals surface area contributed by atoms with Crippen molar-refractivity contribution < 1.29 is 19.0 Å². The molecule has 0 fully saturated rings. The van der Waals surface area contributed by atoms with Crippen molar-refractivity contribution in [3.05, 3.63) is 54.2 Å². The first-order valence-electron chi connectivity index (χ1n) is 8.75. The van der Waals surface area contributed by atoms with Crippen LogP contribution in [0.4, 0.5) is 0 Å². The summed E-state index contributed by atoms with van der Waals surface area (Å²) < 4.78 is 18.0. The topological polar surface area (TPSA) is 61.7 Å². The van der Waals surface area contributed by atoms with E-state index in [1.807, 2.05) is 53.2 Å². The van der Waals surface area contributed by atoms with Crippen LogP contribution in [0.15, 0.2) is 48.7 Å². The molecule has 0 spiro atoms. The van der Waals surface area contributed by atoms with E-state index in [4.69, 9.17) is 14.2 Å². The van der Waals surface area contributed by atoms with Gasteiger partial charge in [-0.3, -0.25) is 4.79 Å². The Hall–Kier alpha value is -3.15. The number of nitrogens with one attached hydrogen (secondary N) is 1. The molecule has 142 valence electrons. The molecule has 0 aliphatic heterocycles. The number of rotatable bonds is 8. The van der Waals surface area contributed by atoms with Gasteiger partial charge in [0.15, 0.2) is 11.5 Å². The number of carbonyl (C=O) groups is 1. The second kappa shape index (κ2) is 8.49. The number of hydrogen-bond donors (Lipinski definition) is 1. The molecule has 0 saturated heterocycles. The van der Waals surface area contributed by atoms with Crippen LogP contribution in [0.1, 0.15) is 12.0 Å². The predicted octanol–water partition coefficient (Wildman–Crippen LogP) is 3.37. The molecule has 1 amide bonds. The second-order valence-electron chi connectivity index (χ2n) is 6.12. The van der Waals surface area contributed by atoms with Crippen LogP contribution in [0.3, 0.4) is 0 Å². The summed E-state index contributed by atoms with van der Waals surface area (Å²) in [4.78, 5) is 12.3. The first-order valence-corrected chi connectivity index (χ1v) is 8.75. The van der Waals surface area contributed by atoms with E-state index in [0.29, 0.717) is 31.0 Å². The van der Waals surface area contributed by atoms with E-state index in [1.165, 1.54) is 0 Å². The monoisotopic (exact) mass is 368 g/mol. The Bertz CT molecular complexity index is 933. The van der Waals surface area contributed by atoms with Gasteiger partial charge in [0.25, 0.3) is 0 Å². The summed E-state index contributed by atoms with van der Waals surface area (Å²) in [5, 5.41) is 4.04. The minimum absolute atomic E-state index is 0.0125. The van der Waals surface area contributed by atoms with Gasteiger partial charge < -0.3 is 24.1 Å². The van der Waals surface area contributed by atoms with Gasteiger partial charge in [-0.15, -0.1) is 0 Å². The molecule has 1 aromatic heterocycles. The zero-order chi connectivity index (χ0) is 19.2. The minimum atomic E-state index is -0.0125. The molecular formula is C21H24N2O4. The van der Waals surface area contributed by atoms with Gasteiger partial charge in [-0.05, 0) is 29.8 Å². The number of ether oxygens (including phenoxy) is 3. The van der Waals surface area contributed by atoms with Gasteiger partial charge in [0.05, 0.1) is 26.8 Å². The summed E-state index contributed by atoms with van der Waals surface area (Å²) in [6.07, 6.45) is 2.37. The number of carbonyl (C=O) groups excluding carboxylic acids is 1. The minimum Gasteiger partial charge on any atom is -0.495 e. The third-order valence-electron chi connectivity index (χ3n) is 4.49. The maximum absolute atomic E-state index is 12.3. The first kappa shape index (κ1) is 18.6. The van der Waals surface area contributed by atoms with Gasteiger partial charge in [0.1, 0.15) is 5.75 Å². The average Bonchev–Trinajstić information content (AvgIpc) is 3.13. The van der Waals surface area contributed by atoms with Crippen LogP contribution in [-0.2, 0) is 17.9 Å². The molecule has 6 heteroatoms. The Labute approximate surface area is 158 Å². The standard InChI is InChI=1S/C21H24N2O4/c1-25-17-8-7-15(13-19(17)27-3)14-22-20(24)10-12-23-11-9-16-5-4-6-18(26-2)21(16)23/h4-9,11,13H,10,12,14H2,1-3H3,(H,22,24). The van der Waals surface area contributed by atoms with Crippen LogP contribution in [0.2, 0.25) is 0 Å². The zero-order valence-corrected chi connectivity index (χ0v) is 15.8. The smallest absolute Gasteiger partial charge is 0.222 e. The molecule has 1 N–H and O–H groups in total. The number of methoxy groups -OCH3 is 3. The molecule has 0 bridgehead atoms. The molecular weight excluding hydrogens is 344 g/mol. The van der Waals surface area contributed by atoms with Gasteiger partial charge >= 0.3 is 0 Å². The van der Waals surface area contributed by atoms with Crippen molar-refractivity contribution in [2.75, 3.05) is 21.3 Å². The zero-order valence-electron chi connectivity index (χ0n) is 15.8. The average molecular weight is 368 g/mol. The largest absolute Gasteiger partial charge is 0.495 e. The summed E-state index contributed by atoms with van der Waals surface area (Å²) >= 11 is 0. The number of aryl methyl sites for hydroxylation is 1. The quantitative estimate of drug-likeness (QED) is 0.662. The lowest BCUT2D eigenvalue weighted by Gasteiger charge is -2.11. The number of benzene rings is 2. The normalized spacial score (nSPS) is 10.6. The Morgan fingerprint density at radius 3 is 2.48 bits per heavy atom. The highest BCUT2D eigenvalue weighted by Gasteiger charge is 2.09. The summed E-state index contributed by atoms with van der Waals surface area (Å²) in [7, 11) is 4.84. The molecule has 0 aliphatic rings. The van der Waals surface area contributed by atoms with Crippen molar-refractivity contribution in [3.63, 3.8) is 0 Å². The molecule has 27 heavy (non-hydrogen) atoms. The van der Waals surface area contributed by atoms with Gasteiger partial charge in [-0.2, -0.15) is 0 Å². The van der Waals surface area contributed by atoms with E-state index in [9.17, 15) is 4.79 Å². The number of para-hydroxylation sites is 1. The first-order chi connectivity index (χ1) is 13.2. The van der Waals surface area contributed by atoms with Crippen LogP contribution in [0.5, 0.6) is 17.2 Å². The fourth-order valence-corrected chi connectivity index (χ4v) is 3.08. The third-order valence-corrected chi connectivity index (χ3v) is 4.49. The van der Waals surface area contributed by atoms with Crippen molar-refractivity contribution in [3.8, 4) is 17.2 Å². The van der Waals surface area contributed by atoms with E-state index in [2.05, 4.69) is 5.32 Å². The summed E-state index contributed by atoms with van der Waals surface area (Å²) in [6, 6.07) is 13.6. The van der Waals surface area contributed by atoms with Crippen molar-refractivity contribution in [1.29, 1.82) is 0 Å². The number of fused-ring (bicyclic) bond motifs is 1. The van der Waals surface area contributed by atoms with Crippen molar-refractivity contribution >= 4 is 16.8 Å². The van der Waals surface area contributed by atoms with Gasteiger partial charge in [0, 0.05) is 31.1 Å². The van der Waals surface area contributed by atoms with E-state index in [0.717, 1.165) is 22.2 Å². The Kier molecular flexibility index (Phi) is 5.86. The number of hydrogen-bond acceptors (Lipinski definition) is 4. The summed E-state index contributed by atoms with van der Waals surface area (Å²) in [5.41, 5.74) is 1.96. The molecule has 0 atom stereocenters. The van der Waals surface area contributed by atoms with Crippen LogP contribution in [0.25, 0.3) is 10.9 Å². The molecule has 0 saturated carbocycles. The number of amides is 1. The molecule has 3 aromatic rings. The lowest BCUT2D eigenvalue weighted by Crippen LogP contribution is -2.23. The molecule has 0 radical (unpaired) electrons. The Morgan fingerprint density at radius 2 is 1.74 bits per heavy atom. The van der Waals surface area contributed by atoms with Crippen molar-refractivity contribution in [2.45, 2.75) is 19.5 Å². The molecule has 0 aliphatic carbocycles. The molecule has 0 unspecified atom stereocenters. The fourth-order valence-electron chi connectivity index (χ4n) is 3.08. The van der Waals surface area contributed by atoms with Crippen LogP contribution >= 0.6 is 0 Å². The van der Waals surface area contributed by atoms with Crippen LogP contribution < -0.4 is 19.5 Å². The second-order valence-corrected chi connectivity index (χ2v) is 6.12. The highest BCUT2D eigenvalue weighted by molar-refractivity contribution is 5.86. The van der Waals surface area contributed by atoms with Crippen molar-refractivity contribution in [1.82, 2.24) is 9.88 Å². The van der Waals surface area contributed by atoms with E-state index >= 15 is 0 Å². The Morgan fingerprint density at radius 1 is 0.963 bits per heavy atom. The van der Waals surface area contributed by atoms with Gasteiger partial charge in [0.2, 0.25) is 5.91 Å². The summed E-state index contributed by atoms with van der Waals surface area (Å²) in [6.45, 7) is 1.02. The number of aromatic nitrogens is 1. The Balaban J connectivity index is 1.59. The number of nitrogens with zero attached hydrogens (tertiary/aromatic N) is 1. The summed E-state index contributed by atoms with van der Waals surface area (Å²) in [5.74, 6) is 2.11. The lowest BCUT2D eigenvalue weighted by atomic mass is 10.2. The van der Waals surface area contributed by atoms with Crippen LogP contribution in [-0.4, -0.2) is 31.8 Å². The van der Waals surface area contributed by atoms with E-state index in [1.54, 1.807) is 21.3 Å². The van der Waals surface area contributed by atoms with Crippen molar-refractivity contribution in [2.24, 2.45) is 0 Å². The maximum atomic E-state index is 12.3. The van der Waals surface area contributed by atoms with E-state index in [-0.39, 0.29) is 5.91 Å². The molecule has 6 nitrogen and oxygen atoms in total. The fraction of sp³-hybridized carbons (Fsp3) is 0.286. The third kappa shape index (κ3) is 4.16. The highest BCUT2D eigenvalue weighted by Crippen LogP contribution is 2.28. The highest BCUT2D eigenvalue weighted by atomic mass is 16.5. The van der Waals surface area contributed by atoms with Gasteiger partial charge in [-0.25, -0.2) is 0 Å². The maximum Gasteiger partial charge on any atom is 0.222 e. The molecule has 2 aromatic carbocycles. The lowest BCUT2D eigenvalue weighted by molar-refractivity contribution is -0.121. The van der Waals surface area contributed by atoms with E-state index < -0.39 is 0 Å². The molecule has 1 heterocycles. The van der Waals surface area contributed by atoms with Gasteiger partial charge in [-0.1, -0.05) is 18.2 Å². The predicted molar refractivity (Wildman–Crippen MR) is 104 cm³/mol. The molecule has 3 rings (SSSR count). The SMILES string of the molecule is COc1ccc(CNC(=O)CCn2ccc3cccc(OC)c32)cc1OC.